The molecule has 3 rings (SSSR count). The molecule has 12 heteroatoms. The van der Waals surface area contributed by atoms with E-state index in [-0.39, 0.29) is 35.9 Å². The van der Waals surface area contributed by atoms with E-state index < -0.39 is 57.1 Å². The summed E-state index contributed by atoms with van der Waals surface area (Å²) >= 11 is 0.432. The Morgan fingerprint density at radius 1 is 1.11 bits per heavy atom. The van der Waals surface area contributed by atoms with Crippen LogP contribution in [0.2, 0.25) is 0 Å². The van der Waals surface area contributed by atoms with E-state index in [4.69, 9.17) is 4.74 Å². The van der Waals surface area contributed by atoms with Gasteiger partial charge in [-0.1, -0.05) is 0 Å². The lowest BCUT2D eigenvalue weighted by atomic mass is 10.0. The van der Waals surface area contributed by atoms with Crippen LogP contribution in [-0.4, -0.2) is 38.3 Å². The van der Waals surface area contributed by atoms with E-state index in [1.165, 1.54) is 17.0 Å². The van der Waals surface area contributed by atoms with E-state index in [0.29, 0.717) is 17.7 Å². The van der Waals surface area contributed by atoms with Crippen molar-refractivity contribution in [1.82, 2.24) is 0 Å². The van der Waals surface area contributed by atoms with E-state index in [0.717, 1.165) is 31.2 Å². The zero-order chi connectivity index (χ0) is 26.9. The first-order valence-electron chi connectivity index (χ1n) is 11.1. The molecule has 1 aliphatic rings. The monoisotopic (exact) mass is 555 g/mol. The van der Waals surface area contributed by atoms with Crippen molar-refractivity contribution in [3.63, 3.8) is 0 Å². The summed E-state index contributed by atoms with van der Waals surface area (Å²) in [6.45, 7) is 3.69. The zero-order valence-electron chi connectivity index (χ0n) is 19.9. The Bertz CT molecular complexity index is 1090. The van der Waals surface area contributed by atoms with Crippen molar-refractivity contribution < 1.29 is 39.8 Å². The fourth-order valence-corrected chi connectivity index (χ4v) is 5.40. The molecule has 0 amide bonds. The second-order valence-electron chi connectivity index (χ2n) is 9.53. The van der Waals surface area contributed by atoms with Crippen molar-refractivity contribution in [3.05, 3.63) is 47.8 Å². The molecule has 200 valence electrons. The molecule has 0 aliphatic carbocycles. The molecule has 0 bridgehead atoms. The van der Waals surface area contributed by atoms with Gasteiger partial charge in [-0.3, -0.25) is 4.21 Å². The van der Waals surface area contributed by atoms with Gasteiger partial charge in [-0.05, 0) is 81.6 Å². The van der Waals surface area contributed by atoms with Gasteiger partial charge in [-0.25, -0.2) is 13.2 Å². The quantitative estimate of drug-likeness (QED) is 0.270. The van der Waals surface area contributed by atoms with E-state index in [1.807, 2.05) is 0 Å². The van der Waals surface area contributed by atoms with Gasteiger partial charge in [-0.2, -0.15) is 13.2 Å². The molecule has 4 nitrogen and oxygen atoms in total. The van der Waals surface area contributed by atoms with Crippen LogP contribution in [0.15, 0.2) is 41.3 Å². The van der Waals surface area contributed by atoms with Gasteiger partial charge in [0.1, 0.15) is 18.2 Å². The SMILES string of the molecule is CC(F)(F)CC[C@@H]1CN(c2ccc(F)cc2)c2cc(C(F)(F)F)c(OCC(C)(C)SO)cc2S(=O)C1. The van der Waals surface area contributed by atoms with Gasteiger partial charge in [0.2, 0.25) is 5.92 Å². The minimum Gasteiger partial charge on any atom is -0.491 e. The third kappa shape index (κ3) is 7.32. The molecule has 0 aromatic heterocycles. The number of anilines is 2. The summed E-state index contributed by atoms with van der Waals surface area (Å²) in [5.74, 6) is -4.62. The lowest BCUT2D eigenvalue weighted by molar-refractivity contribution is -0.139. The van der Waals surface area contributed by atoms with Crippen LogP contribution >= 0.6 is 12.0 Å². The third-order valence-corrected chi connectivity index (χ3v) is 7.89. The van der Waals surface area contributed by atoms with Crippen LogP contribution in [0.3, 0.4) is 0 Å². The maximum atomic E-state index is 14.1. The van der Waals surface area contributed by atoms with Crippen molar-refractivity contribution >= 4 is 34.2 Å². The summed E-state index contributed by atoms with van der Waals surface area (Å²) < 4.78 is 110. The maximum absolute atomic E-state index is 14.1. The predicted molar refractivity (Wildman–Crippen MR) is 129 cm³/mol. The first-order valence-corrected chi connectivity index (χ1v) is 13.2. The Morgan fingerprint density at radius 3 is 2.31 bits per heavy atom. The molecule has 2 atom stereocenters. The average Bonchev–Trinajstić information content (AvgIpc) is 2.91. The van der Waals surface area contributed by atoms with Gasteiger partial charge in [0.15, 0.2) is 0 Å². The van der Waals surface area contributed by atoms with E-state index in [2.05, 4.69) is 0 Å². The molecule has 1 aliphatic heterocycles. The van der Waals surface area contributed by atoms with Gasteiger partial charge < -0.3 is 14.2 Å². The Labute approximate surface area is 212 Å². The number of ether oxygens (including phenoxy) is 1. The molecule has 0 saturated heterocycles. The van der Waals surface area contributed by atoms with Crippen LogP contribution in [0, 0.1) is 11.7 Å². The lowest BCUT2D eigenvalue weighted by Crippen LogP contribution is -2.27. The van der Waals surface area contributed by atoms with Crippen LogP contribution in [0.4, 0.5) is 37.7 Å². The number of hydrogen-bond donors (Lipinski definition) is 1. The zero-order valence-corrected chi connectivity index (χ0v) is 21.5. The molecule has 0 fully saturated rings. The van der Waals surface area contributed by atoms with Crippen molar-refractivity contribution in [1.29, 1.82) is 0 Å². The molecule has 1 N–H and O–H groups in total. The Morgan fingerprint density at radius 2 is 1.75 bits per heavy atom. The Hall–Kier alpha value is -1.92. The first-order chi connectivity index (χ1) is 16.6. The number of nitrogens with zero attached hydrogens (tertiary/aromatic N) is 1. The molecule has 2 aromatic carbocycles. The maximum Gasteiger partial charge on any atom is 0.420 e. The largest absolute Gasteiger partial charge is 0.491 e. The van der Waals surface area contributed by atoms with Crippen LogP contribution in [-0.2, 0) is 17.0 Å². The van der Waals surface area contributed by atoms with Gasteiger partial charge in [0.05, 0.1) is 31.7 Å². The predicted octanol–water partition coefficient (Wildman–Crippen LogP) is 7.52. The number of halogens is 6. The Balaban J connectivity index is 2.13. The number of hydrogen-bond acceptors (Lipinski definition) is 5. The van der Waals surface area contributed by atoms with E-state index in [9.17, 15) is 35.1 Å². The van der Waals surface area contributed by atoms with Crippen LogP contribution < -0.4 is 9.64 Å². The summed E-state index contributed by atoms with van der Waals surface area (Å²) in [6.07, 6.45) is -5.30. The normalized spacial score (nSPS) is 19.1. The van der Waals surface area contributed by atoms with Gasteiger partial charge >= 0.3 is 6.18 Å². The summed E-state index contributed by atoms with van der Waals surface area (Å²) in [5.41, 5.74) is -0.784. The van der Waals surface area contributed by atoms with Crippen LogP contribution in [0.1, 0.15) is 39.2 Å². The third-order valence-electron chi connectivity index (χ3n) is 5.68. The summed E-state index contributed by atoms with van der Waals surface area (Å²) in [7, 11) is -1.82. The van der Waals surface area contributed by atoms with Gasteiger partial charge in [0, 0.05) is 24.4 Å². The molecule has 0 saturated carbocycles. The molecule has 36 heavy (non-hydrogen) atoms. The molecule has 1 unspecified atom stereocenters. The molecule has 1 heterocycles. The molecule has 2 aromatic rings. The number of benzene rings is 2. The molecule has 0 radical (unpaired) electrons. The van der Waals surface area contributed by atoms with E-state index in [1.54, 1.807) is 13.8 Å². The summed E-state index contributed by atoms with van der Waals surface area (Å²) in [6, 6.07) is 6.93. The van der Waals surface area contributed by atoms with Gasteiger partial charge in [-0.15, -0.1) is 0 Å². The highest BCUT2D eigenvalue weighted by Gasteiger charge is 2.39. The highest BCUT2D eigenvalue weighted by Crippen LogP contribution is 2.45. The lowest BCUT2D eigenvalue weighted by Gasteiger charge is -2.29. The van der Waals surface area contributed by atoms with Crippen LogP contribution in [0.5, 0.6) is 5.75 Å². The number of rotatable bonds is 8. The summed E-state index contributed by atoms with van der Waals surface area (Å²) in [5, 5.41) is 0. The molecular formula is C24H27F6NO3S2. The minimum absolute atomic E-state index is 0.00167. The fourth-order valence-electron chi connectivity index (χ4n) is 3.77. The second-order valence-corrected chi connectivity index (χ2v) is 12.3. The number of alkyl halides is 5. The van der Waals surface area contributed by atoms with Crippen molar-refractivity contribution in [2.45, 2.75) is 55.4 Å². The van der Waals surface area contributed by atoms with E-state index >= 15 is 0 Å². The highest BCUT2D eigenvalue weighted by molar-refractivity contribution is 7.95. The summed E-state index contributed by atoms with van der Waals surface area (Å²) in [4.78, 5) is 1.52. The molecule has 0 spiro atoms. The highest BCUT2D eigenvalue weighted by atomic mass is 32.2. The van der Waals surface area contributed by atoms with Crippen LogP contribution in [0.25, 0.3) is 0 Å². The minimum atomic E-state index is -4.83. The molecular weight excluding hydrogens is 528 g/mol. The fraction of sp³-hybridized carbons (Fsp3) is 0.500. The standard InChI is InChI=1S/C24H27F6NO3S2/c1-22(2,35-32)14-34-20-11-21-19(10-18(20)24(28,29)30)31(17-6-4-16(25)5-7-17)12-15(13-36(21)33)8-9-23(3,26)27/h4-7,10-11,15,32H,8-9,12-14H2,1-3H3/t15-,36?/m1/s1. The van der Waals surface area contributed by atoms with Crippen molar-refractivity contribution in [2.24, 2.45) is 5.92 Å². The Kier molecular flexibility index (Phi) is 8.61. The number of fused-ring (bicyclic) bond motifs is 1. The first kappa shape index (κ1) is 28.6. The second kappa shape index (κ2) is 10.8. The average molecular weight is 556 g/mol. The topological polar surface area (TPSA) is 49.8 Å². The van der Waals surface area contributed by atoms with Gasteiger partial charge in [0.25, 0.3) is 0 Å². The smallest absolute Gasteiger partial charge is 0.420 e. The van der Waals surface area contributed by atoms with Crippen molar-refractivity contribution in [2.75, 3.05) is 23.8 Å². The van der Waals surface area contributed by atoms with Crippen molar-refractivity contribution in [3.8, 4) is 5.75 Å².